The highest BCUT2D eigenvalue weighted by Crippen LogP contribution is 2.41. The summed E-state index contributed by atoms with van der Waals surface area (Å²) >= 11 is 11.6. The number of esters is 1. The second-order valence-corrected chi connectivity index (χ2v) is 5.28. The average molecular weight is 292 g/mol. The summed E-state index contributed by atoms with van der Waals surface area (Å²) < 4.78 is 4.69. The number of rotatable bonds is 3. The zero-order valence-electron chi connectivity index (χ0n) is 10.3. The Morgan fingerprint density at radius 1 is 1.44 bits per heavy atom. The number of hydrogen-bond acceptors (Lipinski definition) is 4. The molecule has 0 spiro atoms. The largest absolute Gasteiger partial charge is 0.506 e. The van der Waals surface area contributed by atoms with Gasteiger partial charge in [0.1, 0.15) is 10.8 Å². The average Bonchev–Trinajstić information content (AvgIpc) is 2.34. The highest BCUT2D eigenvalue weighted by molar-refractivity contribution is 6.43. The zero-order chi connectivity index (χ0) is 14.1. The molecule has 0 aliphatic heterocycles. The van der Waals surface area contributed by atoms with Crippen LogP contribution in [0.3, 0.4) is 0 Å². The Hall–Kier alpha value is -0.970. The first-order valence-corrected chi connectivity index (χ1v) is 6.00. The fourth-order valence-electron chi connectivity index (χ4n) is 1.58. The van der Waals surface area contributed by atoms with E-state index in [-0.39, 0.29) is 15.8 Å². The third kappa shape index (κ3) is 2.55. The van der Waals surface area contributed by atoms with E-state index in [9.17, 15) is 9.90 Å². The quantitative estimate of drug-likeness (QED) is 0.840. The van der Waals surface area contributed by atoms with Gasteiger partial charge in [-0.15, -0.1) is 0 Å². The molecule has 0 bridgehead atoms. The number of carbonyl (C=O) groups is 1. The van der Waals surface area contributed by atoms with Crippen LogP contribution in [0.15, 0.2) is 12.1 Å². The normalized spacial score (nSPS) is 13.2. The Labute approximate surface area is 116 Å². The molecule has 0 saturated carbocycles. The highest BCUT2D eigenvalue weighted by atomic mass is 35.5. The van der Waals surface area contributed by atoms with Gasteiger partial charge in [-0.2, -0.15) is 0 Å². The fraction of sp³-hybridized carbons (Fsp3) is 0.417. The minimum absolute atomic E-state index is 0.0188. The molecule has 0 radical (unpaired) electrons. The molecule has 0 aliphatic carbocycles. The number of methoxy groups -OCH3 is 1. The molecule has 1 atom stereocenters. The maximum atomic E-state index is 11.7. The molecule has 0 saturated heterocycles. The summed E-state index contributed by atoms with van der Waals surface area (Å²) in [7, 11) is 1.28. The number of carbonyl (C=O) groups excluding carboxylic acids is 1. The molecule has 18 heavy (non-hydrogen) atoms. The SMILES string of the molecule is COC(=O)C(C)(C)[C@@H](N)c1ccc(Cl)c(Cl)c1O. The van der Waals surface area contributed by atoms with Crippen molar-refractivity contribution in [3.63, 3.8) is 0 Å². The number of halogens is 2. The van der Waals surface area contributed by atoms with Crippen LogP contribution in [0.5, 0.6) is 5.75 Å². The Balaban J connectivity index is 3.23. The van der Waals surface area contributed by atoms with Gasteiger partial charge in [0.15, 0.2) is 0 Å². The summed E-state index contributed by atoms with van der Waals surface area (Å²) in [6.45, 7) is 3.26. The summed E-state index contributed by atoms with van der Waals surface area (Å²) in [5, 5.41) is 10.2. The number of phenolic OH excluding ortho intramolecular Hbond substituents is 1. The van der Waals surface area contributed by atoms with Crippen LogP contribution in [0.1, 0.15) is 25.5 Å². The van der Waals surface area contributed by atoms with Gasteiger partial charge >= 0.3 is 5.97 Å². The van der Waals surface area contributed by atoms with Crippen molar-refractivity contribution in [2.45, 2.75) is 19.9 Å². The van der Waals surface area contributed by atoms with E-state index in [0.29, 0.717) is 5.56 Å². The number of ether oxygens (including phenoxy) is 1. The lowest BCUT2D eigenvalue weighted by atomic mass is 9.80. The van der Waals surface area contributed by atoms with Crippen molar-refractivity contribution in [3.8, 4) is 5.75 Å². The first kappa shape index (κ1) is 15.1. The molecule has 0 fully saturated rings. The molecular formula is C12H15Cl2NO3. The standard InChI is InChI=1S/C12H15Cl2NO3/c1-12(2,11(17)18-3)10(15)6-4-5-7(13)8(14)9(6)16/h4-5,10,16H,15H2,1-3H3/t10-/m0/s1. The van der Waals surface area contributed by atoms with Crippen LogP contribution in [-0.4, -0.2) is 18.2 Å². The van der Waals surface area contributed by atoms with E-state index in [0.717, 1.165) is 0 Å². The van der Waals surface area contributed by atoms with Crippen LogP contribution < -0.4 is 5.73 Å². The Kier molecular flexibility index (Phi) is 4.48. The van der Waals surface area contributed by atoms with Gasteiger partial charge in [0, 0.05) is 11.6 Å². The van der Waals surface area contributed by atoms with Gasteiger partial charge in [0.2, 0.25) is 0 Å². The smallest absolute Gasteiger partial charge is 0.313 e. The van der Waals surface area contributed by atoms with E-state index in [4.69, 9.17) is 33.7 Å². The second kappa shape index (κ2) is 5.34. The molecule has 0 aliphatic rings. The van der Waals surface area contributed by atoms with Gasteiger partial charge in [0.05, 0.1) is 17.5 Å². The summed E-state index contributed by atoms with van der Waals surface area (Å²) in [6.07, 6.45) is 0. The lowest BCUT2D eigenvalue weighted by molar-refractivity contribution is -0.152. The van der Waals surface area contributed by atoms with E-state index in [1.165, 1.54) is 13.2 Å². The third-order valence-electron chi connectivity index (χ3n) is 2.92. The van der Waals surface area contributed by atoms with E-state index >= 15 is 0 Å². The first-order chi connectivity index (χ1) is 8.23. The number of hydrogen-bond donors (Lipinski definition) is 2. The van der Waals surface area contributed by atoms with Crippen LogP contribution in [0.25, 0.3) is 0 Å². The van der Waals surface area contributed by atoms with Gasteiger partial charge in [-0.3, -0.25) is 4.79 Å². The van der Waals surface area contributed by atoms with Crippen LogP contribution in [-0.2, 0) is 9.53 Å². The molecule has 0 heterocycles. The van der Waals surface area contributed by atoms with Crippen molar-refractivity contribution in [3.05, 3.63) is 27.7 Å². The highest BCUT2D eigenvalue weighted by Gasteiger charge is 2.38. The zero-order valence-corrected chi connectivity index (χ0v) is 11.8. The molecule has 4 nitrogen and oxygen atoms in total. The monoisotopic (exact) mass is 291 g/mol. The maximum Gasteiger partial charge on any atom is 0.313 e. The number of nitrogens with two attached hydrogens (primary N) is 1. The number of aromatic hydroxyl groups is 1. The second-order valence-electron chi connectivity index (χ2n) is 4.49. The van der Waals surface area contributed by atoms with Crippen LogP contribution >= 0.6 is 23.2 Å². The van der Waals surface area contributed by atoms with Crippen molar-refractivity contribution in [2.24, 2.45) is 11.1 Å². The lowest BCUT2D eigenvalue weighted by Gasteiger charge is -2.29. The Morgan fingerprint density at radius 3 is 2.50 bits per heavy atom. The summed E-state index contributed by atoms with van der Waals surface area (Å²) in [4.78, 5) is 11.7. The predicted molar refractivity (Wildman–Crippen MR) is 70.9 cm³/mol. The lowest BCUT2D eigenvalue weighted by Crippen LogP contribution is -2.37. The molecule has 1 aromatic rings. The molecule has 1 aromatic carbocycles. The van der Waals surface area contributed by atoms with E-state index in [2.05, 4.69) is 0 Å². The van der Waals surface area contributed by atoms with E-state index in [1.807, 2.05) is 0 Å². The molecule has 6 heteroatoms. The van der Waals surface area contributed by atoms with Crippen molar-refractivity contribution < 1.29 is 14.6 Å². The molecule has 100 valence electrons. The molecule has 3 N–H and O–H groups in total. The summed E-state index contributed by atoms with van der Waals surface area (Å²) in [5.41, 5.74) is 5.36. The molecule has 0 amide bonds. The van der Waals surface area contributed by atoms with E-state index in [1.54, 1.807) is 19.9 Å². The van der Waals surface area contributed by atoms with Gasteiger partial charge in [-0.1, -0.05) is 29.3 Å². The van der Waals surface area contributed by atoms with Gasteiger partial charge in [-0.05, 0) is 19.9 Å². The number of phenols is 1. The van der Waals surface area contributed by atoms with Crippen molar-refractivity contribution in [2.75, 3.05) is 7.11 Å². The van der Waals surface area contributed by atoms with Gasteiger partial charge in [0.25, 0.3) is 0 Å². The minimum Gasteiger partial charge on any atom is -0.506 e. The molecule has 1 rings (SSSR count). The topological polar surface area (TPSA) is 72.5 Å². The van der Waals surface area contributed by atoms with Gasteiger partial charge < -0.3 is 15.6 Å². The molecule has 0 unspecified atom stereocenters. The van der Waals surface area contributed by atoms with Crippen LogP contribution in [0.2, 0.25) is 10.0 Å². The first-order valence-electron chi connectivity index (χ1n) is 5.24. The van der Waals surface area contributed by atoms with Crippen LogP contribution in [0, 0.1) is 5.41 Å². The maximum absolute atomic E-state index is 11.7. The molecule has 0 aromatic heterocycles. The summed E-state index contributed by atoms with van der Waals surface area (Å²) in [6, 6.07) is 2.30. The number of benzene rings is 1. The molecular weight excluding hydrogens is 277 g/mol. The predicted octanol–water partition coefficient (Wildman–Crippen LogP) is 2.90. The third-order valence-corrected chi connectivity index (χ3v) is 3.72. The van der Waals surface area contributed by atoms with Crippen molar-refractivity contribution in [1.82, 2.24) is 0 Å². The summed E-state index contributed by atoms with van der Waals surface area (Å²) in [5.74, 6) is -0.686. The van der Waals surface area contributed by atoms with Gasteiger partial charge in [-0.25, -0.2) is 0 Å². The Morgan fingerprint density at radius 2 is 2.00 bits per heavy atom. The van der Waals surface area contributed by atoms with Crippen molar-refractivity contribution in [1.29, 1.82) is 0 Å². The van der Waals surface area contributed by atoms with Crippen LogP contribution in [0.4, 0.5) is 0 Å². The minimum atomic E-state index is -0.997. The fourth-order valence-corrected chi connectivity index (χ4v) is 1.91. The van der Waals surface area contributed by atoms with Crippen molar-refractivity contribution >= 4 is 29.2 Å². The Bertz CT molecular complexity index is 475. The van der Waals surface area contributed by atoms with E-state index < -0.39 is 17.4 Å².